The molecular weight excluding hydrogens is 260 g/mol. The average Bonchev–Trinajstić information content (AvgIpc) is 3.38. The van der Waals surface area contributed by atoms with Gasteiger partial charge in [0.05, 0.1) is 5.92 Å². The molecule has 1 heterocycles. The summed E-state index contributed by atoms with van der Waals surface area (Å²) in [6.07, 6.45) is 5.60. The van der Waals surface area contributed by atoms with Gasteiger partial charge < -0.3 is 10.2 Å². The zero-order chi connectivity index (χ0) is 14.7. The monoisotopic (exact) mass is 286 g/mol. The van der Waals surface area contributed by atoms with Crippen LogP contribution in [-0.2, 0) is 17.8 Å². The van der Waals surface area contributed by atoms with Gasteiger partial charge in [-0.3, -0.25) is 4.79 Å². The number of aryl methyl sites for hydroxylation is 1. The second kappa shape index (κ2) is 6.61. The van der Waals surface area contributed by atoms with Gasteiger partial charge in [-0.1, -0.05) is 31.2 Å². The van der Waals surface area contributed by atoms with Crippen LogP contribution in [0.5, 0.6) is 0 Å². The summed E-state index contributed by atoms with van der Waals surface area (Å²) >= 11 is 0. The minimum absolute atomic E-state index is 0.189. The molecule has 21 heavy (non-hydrogen) atoms. The lowest BCUT2D eigenvalue weighted by molar-refractivity contribution is -0.137. The van der Waals surface area contributed by atoms with Crippen molar-refractivity contribution in [3.05, 3.63) is 35.4 Å². The highest BCUT2D eigenvalue weighted by Crippen LogP contribution is 2.30. The molecule has 1 saturated heterocycles. The van der Waals surface area contributed by atoms with Crippen LogP contribution in [-0.4, -0.2) is 29.9 Å². The van der Waals surface area contributed by atoms with Gasteiger partial charge in [0.1, 0.15) is 0 Å². The van der Waals surface area contributed by atoms with Gasteiger partial charge in [0.15, 0.2) is 0 Å². The fourth-order valence-electron chi connectivity index (χ4n) is 3.15. The third kappa shape index (κ3) is 3.65. The first kappa shape index (κ1) is 14.6. The quantitative estimate of drug-likeness (QED) is 0.902. The predicted octanol–water partition coefficient (Wildman–Crippen LogP) is 2.74. The summed E-state index contributed by atoms with van der Waals surface area (Å²) in [5, 5.41) is 3.36. The molecule has 0 unspecified atom stereocenters. The highest BCUT2D eigenvalue weighted by atomic mass is 16.2. The number of carbonyl (C=O) groups is 1. The van der Waals surface area contributed by atoms with Gasteiger partial charge in [-0.15, -0.1) is 0 Å². The number of benzene rings is 1. The van der Waals surface area contributed by atoms with Crippen LogP contribution in [0, 0.1) is 5.92 Å². The Hall–Kier alpha value is -1.35. The maximum atomic E-state index is 12.8. The van der Waals surface area contributed by atoms with Crippen molar-refractivity contribution in [3.8, 4) is 0 Å². The van der Waals surface area contributed by atoms with Crippen molar-refractivity contribution in [3.63, 3.8) is 0 Å². The first-order valence-corrected chi connectivity index (χ1v) is 8.37. The van der Waals surface area contributed by atoms with E-state index in [1.54, 1.807) is 0 Å². The number of piperidine rings is 1. The number of carbonyl (C=O) groups excluding carboxylic acids is 1. The van der Waals surface area contributed by atoms with Crippen LogP contribution in [0.4, 0.5) is 0 Å². The topological polar surface area (TPSA) is 32.3 Å². The maximum Gasteiger partial charge on any atom is 0.227 e. The molecule has 1 amide bonds. The van der Waals surface area contributed by atoms with Crippen LogP contribution in [0.25, 0.3) is 0 Å². The lowest BCUT2D eigenvalue weighted by atomic mass is 9.97. The highest BCUT2D eigenvalue weighted by Gasteiger charge is 2.36. The van der Waals surface area contributed by atoms with Crippen LogP contribution in [0.1, 0.15) is 43.7 Å². The number of hydrogen-bond donors (Lipinski definition) is 1. The Kier molecular flexibility index (Phi) is 4.59. The largest absolute Gasteiger partial charge is 0.335 e. The smallest absolute Gasteiger partial charge is 0.227 e. The number of nitrogens with zero attached hydrogens (tertiary/aromatic N) is 1. The van der Waals surface area contributed by atoms with Crippen LogP contribution in [0.3, 0.4) is 0 Å². The Balaban J connectivity index is 1.67. The SMILES string of the molecule is CCc1ccc(CN(C(=O)[C@@H]2CCCNC2)C2CC2)cc1. The molecule has 3 heteroatoms. The van der Waals surface area contributed by atoms with E-state index >= 15 is 0 Å². The normalized spacial score (nSPS) is 22.0. The van der Waals surface area contributed by atoms with Gasteiger partial charge in [0.2, 0.25) is 5.91 Å². The van der Waals surface area contributed by atoms with Crippen LogP contribution < -0.4 is 5.32 Å². The minimum Gasteiger partial charge on any atom is -0.335 e. The predicted molar refractivity (Wildman–Crippen MR) is 85.0 cm³/mol. The third-order valence-electron chi connectivity index (χ3n) is 4.70. The van der Waals surface area contributed by atoms with Crippen molar-refractivity contribution >= 4 is 5.91 Å². The van der Waals surface area contributed by atoms with Gasteiger partial charge >= 0.3 is 0 Å². The molecule has 0 aromatic heterocycles. The second-order valence-electron chi connectivity index (χ2n) is 6.41. The Bertz CT molecular complexity index is 472. The van der Waals surface area contributed by atoms with Crippen molar-refractivity contribution < 1.29 is 4.79 Å². The van der Waals surface area contributed by atoms with Crippen molar-refractivity contribution in [1.29, 1.82) is 0 Å². The van der Waals surface area contributed by atoms with Gasteiger partial charge in [-0.25, -0.2) is 0 Å². The summed E-state index contributed by atoms with van der Waals surface area (Å²) in [7, 11) is 0. The molecule has 1 aromatic rings. The second-order valence-corrected chi connectivity index (χ2v) is 6.41. The lowest BCUT2D eigenvalue weighted by Crippen LogP contribution is -2.43. The van der Waals surface area contributed by atoms with Crippen molar-refractivity contribution in [2.24, 2.45) is 5.92 Å². The van der Waals surface area contributed by atoms with Gasteiger partial charge in [0.25, 0.3) is 0 Å². The van der Waals surface area contributed by atoms with E-state index in [-0.39, 0.29) is 5.92 Å². The number of hydrogen-bond acceptors (Lipinski definition) is 2. The molecule has 1 aromatic carbocycles. The van der Waals surface area contributed by atoms with E-state index in [0.717, 1.165) is 38.9 Å². The number of rotatable bonds is 5. The Morgan fingerprint density at radius 1 is 1.19 bits per heavy atom. The first-order chi connectivity index (χ1) is 10.3. The molecule has 3 rings (SSSR count). The van der Waals surface area contributed by atoms with E-state index in [2.05, 4.69) is 41.4 Å². The summed E-state index contributed by atoms with van der Waals surface area (Å²) in [5.74, 6) is 0.554. The molecule has 1 aliphatic heterocycles. The van der Waals surface area contributed by atoms with Crippen LogP contribution in [0.2, 0.25) is 0 Å². The average molecular weight is 286 g/mol. The van der Waals surface area contributed by atoms with Crippen molar-refractivity contribution in [2.45, 2.75) is 51.6 Å². The lowest BCUT2D eigenvalue weighted by Gasteiger charge is -2.30. The van der Waals surface area contributed by atoms with Crippen molar-refractivity contribution in [2.75, 3.05) is 13.1 Å². The molecule has 1 aliphatic carbocycles. The van der Waals surface area contributed by atoms with Crippen LogP contribution in [0.15, 0.2) is 24.3 Å². The summed E-state index contributed by atoms with van der Waals surface area (Å²) in [5.41, 5.74) is 2.62. The molecule has 2 aliphatic rings. The molecule has 1 atom stereocenters. The first-order valence-electron chi connectivity index (χ1n) is 8.37. The molecule has 3 nitrogen and oxygen atoms in total. The van der Waals surface area contributed by atoms with E-state index in [1.807, 2.05) is 0 Å². The van der Waals surface area contributed by atoms with E-state index in [1.165, 1.54) is 24.0 Å². The third-order valence-corrected chi connectivity index (χ3v) is 4.70. The number of amides is 1. The Morgan fingerprint density at radius 2 is 1.90 bits per heavy atom. The summed E-state index contributed by atoms with van der Waals surface area (Å²) in [4.78, 5) is 14.9. The fourth-order valence-corrected chi connectivity index (χ4v) is 3.15. The summed E-state index contributed by atoms with van der Waals surface area (Å²) in [6, 6.07) is 9.23. The van der Waals surface area contributed by atoms with Crippen molar-refractivity contribution in [1.82, 2.24) is 10.2 Å². The highest BCUT2D eigenvalue weighted by molar-refractivity contribution is 5.79. The summed E-state index contributed by atoms with van der Waals surface area (Å²) in [6.45, 7) is 4.87. The minimum atomic E-state index is 0.189. The van der Waals surface area contributed by atoms with E-state index < -0.39 is 0 Å². The van der Waals surface area contributed by atoms with E-state index in [4.69, 9.17) is 0 Å². The van der Waals surface area contributed by atoms with Gasteiger partial charge in [-0.2, -0.15) is 0 Å². The summed E-state index contributed by atoms with van der Waals surface area (Å²) < 4.78 is 0. The fraction of sp³-hybridized carbons (Fsp3) is 0.611. The molecule has 0 bridgehead atoms. The molecule has 0 spiro atoms. The zero-order valence-corrected chi connectivity index (χ0v) is 13.0. The molecule has 2 fully saturated rings. The van der Waals surface area contributed by atoms with Gasteiger partial charge in [-0.05, 0) is 49.8 Å². The number of nitrogens with one attached hydrogen (secondary N) is 1. The Morgan fingerprint density at radius 3 is 2.48 bits per heavy atom. The van der Waals surface area contributed by atoms with E-state index in [0.29, 0.717) is 11.9 Å². The standard InChI is InChI=1S/C18H26N2O/c1-2-14-5-7-15(8-6-14)13-20(17-9-10-17)18(21)16-4-3-11-19-12-16/h5-8,16-17,19H,2-4,9-13H2,1H3/t16-/m1/s1. The zero-order valence-electron chi connectivity index (χ0n) is 13.0. The molecule has 0 radical (unpaired) electrons. The molecule has 1 saturated carbocycles. The molecular formula is C18H26N2O. The van der Waals surface area contributed by atoms with Gasteiger partial charge in [0, 0.05) is 19.1 Å². The molecule has 114 valence electrons. The van der Waals surface area contributed by atoms with E-state index in [9.17, 15) is 4.79 Å². The van der Waals surface area contributed by atoms with Crippen LogP contribution >= 0.6 is 0 Å². The maximum absolute atomic E-state index is 12.8. The molecule has 1 N–H and O–H groups in total. The Labute approximate surface area is 127 Å².